The zero-order valence-corrected chi connectivity index (χ0v) is 22.7. The molecule has 0 aliphatic carbocycles. The predicted octanol–water partition coefficient (Wildman–Crippen LogP) is 4.42. The van der Waals surface area contributed by atoms with Crippen molar-refractivity contribution in [3.63, 3.8) is 0 Å². The number of rotatable bonds is 8. The average molecular weight is 546 g/mol. The van der Waals surface area contributed by atoms with Gasteiger partial charge in [-0.3, -0.25) is 9.69 Å². The van der Waals surface area contributed by atoms with Crippen LogP contribution in [0, 0.1) is 0 Å². The number of hydrogen-bond acceptors (Lipinski definition) is 5. The van der Waals surface area contributed by atoms with Gasteiger partial charge in [0.1, 0.15) is 6.54 Å². The Morgan fingerprint density at radius 2 is 1.76 bits per heavy atom. The highest BCUT2D eigenvalue weighted by Gasteiger charge is 2.36. The average Bonchev–Trinajstić information content (AvgIpc) is 3.32. The number of halogens is 2. The summed E-state index contributed by atoms with van der Waals surface area (Å²) >= 11 is 13.0. The van der Waals surface area contributed by atoms with Crippen LogP contribution in [-0.4, -0.2) is 84.4 Å². The molecule has 198 valence electrons. The van der Waals surface area contributed by atoms with E-state index < -0.39 is 6.04 Å². The molecule has 0 unspecified atom stereocenters. The summed E-state index contributed by atoms with van der Waals surface area (Å²) in [6.07, 6.45) is 0.463. The first-order chi connectivity index (χ1) is 17.8. The molecule has 1 N–H and O–H groups in total. The second-order valence-electron chi connectivity index (χ2n) is 9.49. The van der Waals surface area contributed by atoms with E-state index >= 15 is 0 Å². The third-order valence-electron chi connectivity index (χ3n) is 6.43. The monoisotopic (exact) mass is 545 g/mol. The van der Waals surface area contributed by atoms with Crippen LogP contribution >= 0.6 is 23.2 Å². The lowest BCUT2D eigenvalue weighted by Gasteiger charge is -2.31. The molecule has 2 aromatic rings. The van der Waals surface area contributed by atoms with Crippen molar-refractivity contribution >= 4 is 40.9 Å². The molecule has 0 spiro atoms. The van der Waals surface area contributed by atoms with E-state index in [0.717, 1.165) is 24.2 Å². The van der Waals surface area contributed by atoms with Crippen molar-refractivity contribution in [2.45, 2.75) is 32.4 Å². The zero-order valence-electron chi connectivity index (χ0n) is 21.2. The van der Waals surface area contributed by atoms with Gasteiger partial charge in [-0.2, -0.15) is 5.10 Å². The van der Waals surface area contributed by atoms with Crippen molar-refractivity contribution < 1.29 is 14.3 Å². The fourth-order valence-electron chi connectivity index (χ4n) is 4.50. The van der Waals surface area contributed by atoms with Gasteiger partial charge >= 0.3 is 6.03 Å². The van der Waals surface area contributed by atoms with Crippen LogP contribution < -0.4 is 5.32 Å². The second kappa shape index (κ2) is 12.7. The molecule has 0 saturated carbocycles. The van der Waals surface area contributed by atoms with Crippen molar-refractivity contribution in [3.05, 3.63) is 69.7 Å². The number of carbonyl (C=O) groups excluding carboxylic acids is 2. The van der Waals surface area contributed by atoms with E-state index in [9.17, 15) is 9.59 Å². The first-order valence-corrected chi connectivity index (χ1v) is 13.3. The standard InChI is InChI=1S/C27H33Cl2N5O3/c1-19(2)30-27(36)33(12-11-32-13-15-37-16-14-32)18-26(35)34-25(21-8-4-6-10-23(21)29)17-24(31-34)20-7-3-5-9-22(20)28/h3-10,19,25H,11-18H2,1-2H3,(H,30,36)/t25-/m0/s1. The molecule has 10 heteroatoms. The maximum Gasteiger partial charge on any atom is 0.318 e. The summed E-state index contributed by atoms with van der Waals surface area (Å²) in [6, 6.07) is 14.2. The molecule has 1 saturated heterocycles. The van der Waals surface area contributed by atoms with Gasteiger partial charge in [-0.05, 0) is 31.5 Å². The van der Waals surface area contributed by atoms with E-state index in [-0.39, 0.29) is 24.5 Å². The molecule has 0 radical (unpaired) electrons. The molecule has 0 bridgehead atoms. The van der Waals surface area contributed by atoms with Crippen LogP contribution in [0.1, 0.15) is 37.4 Å². The summed E-state index contributed by atoms with van der Waals surface area (Å²) in [5.74, 6) is -0.284. The van der Waals surface area contributed by atoms with Crippen LogP contribution in [0.25, 0.3) is 0 Å². The number of morpholine rings is 1. The summed E-state index contributed by atoms with van der Waals surface area (Å²) in [6.45, 7) is 7.71. The van der Waals surface area contributed by atoms with Gasteiger partial charge in [0.25, 0.3) is 5.91 Å². The van der Waals surface area contributed by atoms with Gasteiger partial charge in [0.15, 0.2) is 0 Å². The smallest absolute Gasteiger partial charge is 0.318 e. The van der Waals surface area contributed by atoms with Gasteiger partial charge in [0.2, 0.25) is 0 Å². The van der Waals surface area contributed by atoms with Crippen molar-refractivity contribution in [3.8, 4) is 0 Å². The minimum absolute atomic E-state index is 0.0546. The third-order valence-corrected chi connectivity index (χ3v) is 7.10. The highest BCUT2D eigenvalue weighted by molar-refractivity contribution is 6.34. The van der Waals surface area contributed by atoms with Crippen molar-refractivity contribution in [2.24, 2.45) is 5.10 Å². The van der Waals surface area contributed by atoms with Crippen LogP contribution in [0.2, 0.25) is 10.0 Å². The molecule has 8 nitrogen and oxygen atoms in total. The summed E-state index contributed by atoms with van der Waals surface area (Å²) in [5.41, 5.74) is 2.28. The molecule has 4 rings (SSSR count). The second-order valence-corrected chi connectivity index (χ2v) is 10.3. The third kappa shape index (κ3) is 7.02. The van der Waals surface area contributed by atoms with E-state index in [2.05, 4.69) is 10.2 Å². The van der Waals surface area contributed by atoms with Gasteiger partial charge in [-0.25, -0.2) is 9.80 Å². The summed E-state index contributed by atoms with van der Waals surface area (Å²) in [5, 5.41) is 10.2. The van der Waals surface area contributed by atoms with E-state index in [1.807, 2.05) is 50.2 Å². The fraction of sp³-hybridized carbons (Fsp3) is 0.444. The Morgan fingerprint density at radius 3 is 2.43 bits per heavy atom. The molecular formula is C27H33Cl2N5O3. The summed E-state index contributed by atoms with van der Waals surface area (Å²) in [7, 11) is 0. The number of urea groups is 1. The van der Waals surface area contributed by atoms with Gasteiger partial charge in [-0.15, -0.1) is 0 Å². The molecule has 0 aromatic heterocycles. The number of benzene rings is 2. The van der Waals surface area contributed by atoms with Gasteiger partial charge in [0, 0.05) is 54.3 Å². The SMILES string of the molecule is CC(C)NC(=O)N(CCN1CCOCC1)CC(=O)N1N=C(c2ccccc2Cl)C[C@H]1c1ccccc1Cl. The van der Waals surface area contributed by atoms with Crippen molar-refractivity contribution in [2.75, 3.05) is 45.9 Å². The molecule has 3 amide bonds. The summed E-state index contributed by atoms with van der Waals surface area (Å²) in [4.78, 5) is 30.6. The van der Waals surface area contributed by atoms with E-state index in [1.165, 1.54) is 5.01 Å². The quantitative estimate of drug-likeness (QED) is 0.532. The van der Waals surface area contributed by atoms with Gasteiger partial charge in [-0.1, -0.05) is 59.6 Å². The Balaban J connectivity index is 1.58. The predicted molar refractivity (Wildman–Crippen MR) is 146 cm³/mol. The van der Waals surface area contributed by atoms with Crippen LogP contribution in [0.15, 0.2) is 53.6 Å². The normalized spacial score (nSPS) is 18.1. The first kappa shape index (κ1) is 27.4. The number of nitrogens with one attached hydrogen (secondary N) is 1. The number of hydrogen-bond donors (Lipinski definition) is 1. The topological polar surface area (TPSA) is 77.5 Å². The van der Waals surface area contributed by atoms with Crippen molar-refractivity contribution in [1.82, 2.24) is 20.1 Å². The van der Waals surface area contributed by atoms with Crippen molar-refractivity contribution in [1.29, 1.82) is 0 Å². The minimum Gasteiger partial charge on any atom is -0.379 e. The van der Waals surface area contributed by atoms with E-state index in [1.54, 1.807) is 17.0 Å². The Bertz CT molecular complexity index is 1140. The van der Waals surface area contributed by atoms with Crippen LogP contribution in [-0.2, 0) is 9.53 Å². The number of carbonyl (C=O) groups is 2. The number of hydrazone groups is 1. The first-order valence-electron chi connectivity index (χ1n) is 12.6. The Morgan fingerprint density at radius 1 is 1.08 bits per heavy atom. The Labute approximate surface area is 228 Å². The molecule has 1 atom stereocenters. The fourth-order valence-corrected chi connectivity index (χ4v) is 5.01. The van der Waals surface area contributed by atoms with Gasteiger partial charge < -0.3 is 15.0 Å². The molecule has 2 aliphatic rings. The Hall–Kier alpha value is -2.65. The van der Waals surface area contributed by atoms with E-state index in [0.29, 0.717) is 48.5 Å². The van der Waals surface area contributed by atoms with Gasteiger partial charge in [0.05, 0.1) is 25.0 Å². The maximum absolute atomic E-state index is 13.7. The lowest BCUT2D eigenvalue weighted by Crippen LogP contribution is -2.50. The molecule has 2 heterocycles. The Kier molecular flexibility index (Phi) is 9.43. The molecule has 1 fully saturated rings. The van der Waals surface area contributed by atoms with Crippen LogP contribution in [0.3, 0.4) is 0 Å². The van der Waals surface area contributed by atoms with Crippen LogP contribution in [0.5, 0.6) is 0 Å². The number of amides is 3. The lowest BCUT2D eigenvalue weighted by molar-refractivity contribution is -0.133. The molecular weight excluding hydrogens is 513 g/mol. The number of nitrogens with zero attached hydrogens (tertiary/aromatic N) is 4. The molecule has 2 aromatic carbocycles. The molecule has 37 heavy (non-hydrogen) atoms. The number of ether oxygens (including phenoxy) is 1. The summed E-state index contributed by atoms with van der Waals surface area (Å²) < 4.78 is 5.43. The lowest BCUT2D eigenvalue weighted by atomic mass is 9.98. The minimum atomic E-state index is -0.401. The van der Waals surface area contributed by atoms with Crippen LogP contribution in [0.4, 0.5) is 4.79 Å². The zero-order chi connectivity index (χ0) is 26.4. The van der Waals surface area contributed by atoms with E-state index in [4.69, 9.17) is 33.0 Å². The molecule has 2 aliphatic heterocycles. The largest absolute Gasteiger partial charge is 0.379 e. The highest BCUT2D eigenvalue weighted by atomic mass is 35.5. The maximum atomic E-state index is 13.7. The highest BCUT2D eigenvalue weighted by Crippen LogP contribution is 2.37.